The standard InChI is InChI=1S/C13H17N3O2S2/c1-14-10-12-4-5-13(19-12)20(17,18)16-8-6-11-3-2-7-15-9-11/h2-5,7,9,14,16H,6,8,10H2,1H3. The first-order chi connectivity index (χ1) is 9.62. The molecule has 0 saturated heterocycles. The molecule has 2 heterocycles. The van der Waals surface area contributed by atoms with Crippen LogP contribution in [0.1, 0.15) is 10.4 Å². The Kier molecular flexibility index (Phi) is 5.24. The Morgan fingerprint density at radius 1 is 1.30 bits per heavy atom. The van der Waals surface area contributed by atoms with E-state index < -0.39 is 10.0 Å². The lowest BCUT2D eigenvalue weighted by Crippen LogP contribution is -2.25. The predicted octanol–water partition coefficient (Wildman–Crippen LogP) is 1.38. The van der Waals surface area contributed by atoms with Gasteiger partial charge in [0.15, 0.2) is 0 Å². The van der Waals surface area contributed by atoms with Gasteiger partial charge in [-0.05, 0) is 37.2 Å². The van der Waals surface area contributed by atoms with Crippen LogP contribution in [0, 0.1) is 0 Å². The number of sulfonamides is 1. The smallest absolute Gasteiger partial charge is 0.250 e. The van der Waals surface area contributed by atoms with Gasteiger partial charge in [-0.1, -0.05) is 6.07 Å². The summed E-state index contributed by atoms with van der Waals surface area (Å²) in [5, 5.41) is 3.00. The summed E-state index contributed by atoms with van der Waals surface area (Å²) in [5.74, 6) is 0. The van der Waals surface area contributed by atoms with Gasteiger partial charge in [-0.3, -0.25) is 4.98 Å². The van der Waals surface area contributed by atoms with E-state index >= 15 is 0 Å². The van der Waals surface area contributed by atoms with E-state index in [1.54, 1.807) is 18.5 Å². The molecule has 0 bridgehead atoms. The third-order valence-electron chi connectivity index (χ3n) is 2.68. The number of rotatable bonds is 7. The predicted molar refractivity (Wildman–Crippen MR) is 80.2 cm³/mol. The Labute approximate surface area is 123 Å². The molecule has 2 aromatic rings. The number of aromatic nitrogens is 1. The van der Waals surface area contributed by atoms with E-state index in [1.165, 1.54) is 11.3 Å². The van der Waals surface area contributed by atoms with Crippen molar-refractivity contribution < 1.29 is 8.42 Å². The maximum Gasteiger partial charge on any atom is 0.250 e. The Hall–Kier alpha value is -1.28. The molecule has 0 aliphatic heterocycles. The summed E-state index contributed by atoms with van der Waals surface area (Å²) >= 11 is 1.29. The van der Waals surface area contributed by atoms with Crippen molar-refractivity contribution in [2.45, 2.75) is 17.2 Å². The average Bonchev–Trinajstić information content (AvgIpc) is 2.90. The monoisotopic (exact) mass is 311 g/mol. The van der Waals surface area contributed by atoms with E-state index in [4.69, 9.17) is 0 Å². The molecular formula is C13H17N3O2S2. The molecule has 0 aliphatic rings. The van der Waals surface area contributed by atoms with Gasteiger partial charge in [-0.15, -0.1) is 11.3 Å². The highest BCUT2D eigenvalue weighted by Gasteiger charge is 2.15. The van der Waals surface area contributed by atoms with Crippen molar-refractivity contribution in [3.63, 3.8) is 0 Å². The van der Waals surface area contributed by atoms with Gasteiger partial charge in [-0.25, -0.2) is 13.1 Å². The second kappa shape index (κ2) is 6.94. The Morgan fingerprint density at radius 2 is 2.15 bits per heavy atom. The molecule has 0 fully saturated rings. The number of pyridine rings is 1. The number of nitrogens with zero attached hydrogens (tertiary/aromatic N) is 1. The molecule has 2 N–H and O–H groups in total. The first-order valence-corrected chi connectivity index (χ1v) is 8.53. The highest BCUT2D eigenvalue weighted by atomic mass is 32.2. The molecule has 0 radical (unpaired) electrons. The lowest BCUT2D eigenvalue weighted by molar-refractivity contribution is 0.583. The minimum absolute atomic E-state index is 0.355. The van der Waals surface area contributed by atoms with Crippen LogP contribution < -0.4 is 10.0 Å². The van der Waals surface area contributed by atoms with Crippen LogP contribution in [-0.4, -0.2) is 27.0 Å². The molecule has 108 valence electrons. The van der Waals surface area contributed by atoms with Crippen LogP contribution in [0.5, 0.6) is 0 Å². The maximum absolute atomic E-state index is 12.1. The molecule has 0 aromatic carbocycles. The molecule has 7 heteroatoms. The first kappa shape index (κ1) is 15.1. The lowest BCUT2D eigenvalue weighted by Gasteiger charge is -2.04. The maximum atomic E-state index is 12.1. The molecule has 0 atom stereocenters. The topological polar surface area (TPSA) is 71.1 Å². The molecule has 5 nitrogen and oxygen atoms in total. The van der Waals surface area contributed by atoms with Crippen LogP contribution in [0.3, 0.4) is 0 Å². The van der Waals surface area contributed by atoms with Gasteiger partial charge in [0.1, 0.15) is 4.21 Å². The van der Waals surface area contributed by atoms with Crippen molar-refractivity contribution in [1.29, 1.82) is 0 Å². The number of nitrogens with one attached hydrogen (secondary N) is 2. The lowest BCUT2D eigenvalue weighted by atomic mass is 10.2. The van der Waals surface area contributed by atoms with Crippen molar-refractivity contribution in [2.75, 3.05) is 13.6 Å². The quantitative estimate of drug-likeness (QED) is 0.810. The molecule has 2 aromatic heterocycles. The number of hydrogen-bond acceptors (Lipinski definition) is 5. The van der Waals surface area contributed by atoms with Crippen molar-refractivity contribution in [2.24, 2.45) is 0 Å². The average molecular weight is 311 g/mol. The van der Waals surface area contributed by atoms with Gasteiger partial charge in [0, 0.05) is 30.4 Å². The van der Waals surface area contributed by atoms with Crippen molar-refractivity contribution in [3.05, 3.63) is 47.1 Å². The van der Waals surface area contributed by atoms with Crippen molar-refractivity contribution >= 4 is 21.4 Å². The van der Waals surface area contributed by atoms with Crippen LogP contribution in [-0.2, 0) is 23.0 Å². The summed E-state index contributed by atoms with van der Waals surface area (Å²) in [6.45, 7) is 1.04. The van der Waals surface area contributed by atoms with Gasteiger partial charge >= 0.3 is 0 Å². The molecule has 0 amide bonds. The first-order valence-electron chi connectivity index (χ1n) is 6.24. The van der Waals surface area contributed by atoms with Crippen LogP contribution >= 0.6 is 11.3 Å². The van der Waals surface area contributed by atoms with E-state index in [0.29, 0.717) is 23.7 Å². The zero-order valence-electron chi connectivity index (χ0n) is 11.2. The second-order valence-corrected chi connectivity index (χ2v) is 7.42. The molecular weight excluding hydrogens is 294 g/mol. The number of hydrogen-bond donors (Lipinski definition) is 2. The van der Waals surface area contributed by atoms with E-state index in [2.05, 4.69) is 15.0 Å². The van der Waals surface area contributed by atoms with Crippen LogP contribution in [0.15, 0.2) is 40.9 Å². The summed E-state index contributed by atoms with van der Waals surface area (Å²) in [6, 6.07) is 7.24. The van der Waals surface area contributed by atoms with Gasteiger partial charge in [-0.2, -0.15) is 0 Å². The van der Waals surface area contributed by atoms with Crippen LogP contribution in [0.2, 0.25) is 0 Å². The Balaban J connectivity index is 1.93. The Bertz CT molecular complexity index is 639. The fraction of sp³-hybridized carbons (Fsp3) is 0.308. The fourth-order valence-electron chi connectivity index (χ4n) is 1.72. The molecule has 0 aliphatic carbocycles. The van der Waals surface area contributed by atoms with Gasteiger partial charge < -0.3 is 5.32 Å². The molecule has 0 spiro atoms. The minimum Gasteiger partial charge on any atom is -0.315 e. The third-order valence-corrected chi connectivity index (χ3v) is 5.72. The van der Waals surface area contributed by atoms with E-state index in [0.717, 1.165) is 10.4 Å². The van der Waals surface area contributed by atoms with E-state index in [9.17, 15) is 8.42 Å². The van der Waals surface area contributed by atoms with Crippen LogP contribution in [0.4, 0.5) is 0 Å². The normalized spacial score (nSPS) is 11.7. The summed E-state index contributed by atoms with van der Waals surface area (Å²) in [6.07, 6.45) is 4.06. The second-order valence-electron chi connectivity index (χ2n) is 4.26. The molecule has 2 rings (SSSR count). The van der Waals surface area contributed by atoms with Gasteiger partial charge in [0.2, 0.25) is 10.0 Å². The molecule has 20 heavy (non-hydrogen) atoms. The largest absolute Gasteiger partial charge is 0.315 e. The molecule has 0 unspecified atom stereocenters. The highest BCUT2D eigenvalue weighted by Crippen LogP contribution is 2.21. The summed E-state index contributed by atoms with van der Waals surface area (Å²) in [5.41, 5.74) is 1.01. The molecule has 0 saturated carbocycles. The summed E-state index contributed by atoms with van der Waals surface area (Å²) in [4.78, 5) is 5.00. The zero-order chi connectivity index (χ0) is 14.4. The van der Waals surface area contributed by atoms with Crippen LogP contribution in [0.25, 0.3) is 0 Å². The zero-order valence-corrected chi connectivity index (χ0v) is 12.8. The minimum atomic E-state index is -3.41. The SMILES string of the molecule is CNCc1ccc(S(=O)(=O)NCCc2cccnc2)s1. The van der Waals surface area contributed by atoms with E-state index in [1.807, 2.05) is 25.2 Å². The van der Waals surface area contributed by atoms with E-state index in [-0.39, 0.29) is 0 Å². The fourth-order valence-corrected chi connectivity index (χ4v) is 4.16. The third kappa shape index (κ3) is 4.11. The highest BCUT2D eigenvalue weighted by molar-refractivity contribution is 7.91. The summed E-state index contributed by atoms with van der Waals surface area (Å²) in [7, 11) is -1.57. The number of thiophene rings is 1. The summed E-state index contributed by atoms with van der Waals surface area (Å²) < 4.78 is 27.2. The van der Waals surface area contributed by atoms with Gasteiger partial charge in [0.05, 0.1) is 0 Å². The van der Waals surface area contributed by atoms with Gasteiger partial charge in [0.25, 0.3) is 0 Å². The Morgan fingerprint density at radius 3 is 2.85 bits per heavy atom. The van der Waals surface area contributed by atoms with Crippen molar-refractivity contribution in [1.82, 2.24) is 15.0 Å². The van der Waals surface area contributed by atoms with Crippen molar-refractivity contribution in [3.8, 4) is 0 Å².